The summed E-state index contributed by atoms with van der Waals surface area (Å²) < 4.78 is 12.8. The van der Waals surface area contributed by atoms with Gasteiger partial charge >= 0.3 is 0 Å². The molecule has 0 saturated heterocycles. The number of nitrogens with one attached hydrogen (secondary N) is 1. The third-order valence-corrected chi connectivity index (χ3v) is 3.68. The van der Waals surface area contributed by atoms with Gasteiger partial charge in [-0.25, -0.2) is 4.39 Å². The van der Waals surface area contributed by atoms with Crippen molar-refractivity contribution in [1.82, 2.24) is 5.32 Å². The van der Waals surface area contributed by atoms with Crippen LogP contribution in [-0.2, 0) is 4.79 Å². The molecular formula is C16H22FNO. The third kappa shape index (κ3) is 4.05. The van der Waals surface area contributed by atoms with E-state index in [4.69, 9.17) is 0 Å². The average Bonchev–Trinajstić information content (AvgIpc) is 3.15. The lowest BCUT2D eigenvalue weighted by Gasteiger charge is -2.06. The Labute approximate surface area is 114 Å². The van der Waals surface area contributed by atoms with Crippen LogP contribution in [0.25, 0.3) is 0 Å². The second-order valence-electron chi connectivity index (χ2n) is 5.83. The van der Waals surface area contributed by atoms with Crippen LogP contribution in [0.5, 0.6) is 0 Å². The van der Waals surface area contributed by atoms with E-state index < -0.39 is 0 Å². The smallest absolute Gasteiger partial charge is 0.223 e. The van der Waals surface area contributed by atoms with Crippen LogP contribution >= 0.6 is 0 Å². The molecule has 104 valence electrons. The van der Waals surface area contributed by atoms with E-state index in [1.807, 2.05) is 0 Å². The number of rotatable bonds is 6. The quantitative estimate of drug-likeness (QED) is 0.782. The van der Waals surface area contributed by atoms with Crippen LogP contribution < -0.4 is 5.32 Å². The van der Waals surface area contributed by atoms with E-state index in [1.54, 1.807) is 12.1 Å². The molecular weight excluding hydrogens is 241 g/mol. The van der Waals surface area contributed by atoms with E-state index in [2.05, 4.69) is 19.2 Å². The molecule has 1 aliphatic carbocycles. The van der Waals surface area contributed by atoms with Gasteiger partial charge in [-0.2, -0.15) is 0 Å². The van der Waals surface area contributed by atoms with E-state index >= 15 is 0 Å². The predicted octanol–water partition coefficient (Wildman–Crippen LogP) is 3.48. The average molecular weight is 263 g/mol. The van der Waals surface area contributed by atoms with Crippen molar-refractivity contribution in [2.75, 3.05) is 6.54 Å². The summed E-state index contributed by atoms with van der Waals surface area (Å²) in [6.07, 6.45) is 3.07. The number of hydrogen-bond acceptors (Lipinski definition) is 1. The second-order valence-corrected chi connectivity index (χ2v) is 5.83. The van der Waals surface area contributed by atoms with Crippen LogP contribution in [0, 0.1) is 17.7 Å². The summed E-state index contributed by atoms with van der Waals surface area (Å²) in [6, 6.07) is 6.49. The number of carbonyl (C=O) groups is 1. The van der Waals surface area contributed by atoms with Gasteiger partial charge in [0.25, 0.3) is 0 Å². The zero-order valence-corrected chi connectivity index (χ0v) is 11.7. The van der Waals surface area contributed by atoms with Crippen molar-refractivity contribution in [1.29, 1.82) is 0 Å². The Bertz CT molecular complexity index is 427. The highest BCUT2D eigenvalue weighted by molar-refractivity contribution is 5.82. The van der Waals surface area contributed by atoms with Gasteiger partial charge in [-0.3, -0.25) is 4.79 Å². The van der Waals surface area contributed by atoms with E-state index in [9.17, 15) is 9.18 Å². The molecule has 1 N–H and O–H groups in total. The predicted molar refractivity (Wildman–Crippen MR) is 74.3 cm³/mol. The molecule has 19 heavy (non-hydrogen) atoms. The Hall–Kier alpha value is -1.38. The fraction of sp³-hybridized carbons (Fsp3) is 0.562. The lowest BCUT2D eigenvalue weighted by molar-refractivity contribution is -0.122. The molecule has 2 rings (SSSR count). The van der Waals surface area contributed by atoms with Crippen molar-refractivity contribution < 1.29 is 9.18 Å². The Morgan fingerprint density at radius 3 is 2.68 bits per heavy atom. The molecule has 1 fully saturated rings. The van der Waals surface area contributed by atoms with Crippen molar-refractivity contribution in [2.45, 2.75) is 39.0 Å². The first kappa shape index (κ1) is 14.0. The maximum atomic E-state index is 12.8. The molecule has 0 aromatic heterocycles. The molecule has 0 spiro atoms. The van der Waals surface area contributed by atoms with Crippen molar-refractivity contribution in [2.24, 2.45) is 11.8 Å². The SMILES string of the molecule is CC(C)CCCNC(=O)C1CC1c1ccc(F)cc1. The fourth-order valence-electron chi connectivity index (χ4n) is 2.42. The van der Waals surface area contributed by atoms with Crippen LogP contribution in [0.1, 0.15) is 44.6 Å². The van der Waals surface area contributed by atoms with E-state index in [1.165, 1.54) is 12.1 Å². The van der Waals surface area contributed by atoms with Crippen molar-refractivity contribution in [3.05, 3.63) is 35.6 Å². The molecule has 2 atom stereocenters. The molecule has 0 radical (unpaired) electrons. The summed E-state index contributed by atoms with van der Waals surface area (Å²) in [4.78, 5) is 11.9. The van der Waals surface area contributed by atoms with Gasteiger partial charge in [0, 0.05) is 12.5 Å². The summed E-state index contributed by atoms with van der Waals surface area (Å²) in [6.45, 7) is 5.14. The maximum Gasteiger partial charge on any atom is 0.223 e. The van der Waals surface area contributed by atoms with Crippen molar-refractivity contribution >= 4 is 5.91 Å². The number of hydrogen-bond donors (Lipinski definition) is 1. The number of carbonyl (C=O) groups excluding carboxylic acids is 1. The largest absolute Gasteiger partial charge is 0.356 e. The zero-order valence-electron chi connectivity index (χ0n) is 11.7. The first-order valence-corrected chi connectivity index (χ1v) is 7.11. The first-order chi connectivity index (χ1) is 9.08. The first-order valence-electron chi connectivity index (χ1n) is 7.11. The van der Waals surface area contributed by atoms with Gasteiger partial charge in [0.15, 0.2) is 0 Å². The summed E-state index contributed by atoms with van der Waals surface area (Å²) >= 11 is 0. The van der Waals surface area contributed by atoms with Crippen LogP contribution in [-0.4, -0.2) is 12.5 Å². The van der Waals surface area contributed by atoms with Gasteiger partial charge in [0.1, 0.15) is 5.82 Å². The molecule has 1 saturated carbocycles. The van der Waals surface area contributed by atoms with Crippen LogP contribution in [0.2, 0.25) is 0 Å². The normalized spacial score (nSPS) is 21.5. The molecule has 2 nitrogen and oxygen atoms in total. The highest BCUT2D eigenvalue weighted by atomic mass is 19.1. The molecule has 1 aliphatic rings. The minimum absolute atomic E-state index is 0.0875. The van der Waals surface area contributed by atoms with Gasteiger partial charge in [-0.05, 0) is 48.8 Å². The summed E-state index contributed by atoms with van der Waals surface area (Å²) in [5.41, 5.74) is 1.07. The van der Waals surface area contributed by atoms with Crippen molar-refractivity contribution in [3.63, 3.8) is 0 Å². The van der Waals surface area contributed by atoms with Gasteiger partial charge < -0.3 is 5.32 Å². The fourth-order valence-corrected chi connectivity index (χ4v) is 2.42. The molecule has 2 unspecified atom stereocenters. The summed E-state index contributed by atoms with van der Waals surface area (Å²) in [5, 5.41) is 3.00. The number of benzene rings is 1. The monoisotopic (exact) mass is 263 g/mol. The Balaban J connectivity index is 1.73. The standard InChI is InChI=1S/C16H22FNO/c1-11(2)4-3-9-18-16(19)15-10-14(15)12-5-7-13(17)8-6-12/h5-8,11,14-15H,3-4,9-10H2,1-2H3,(H,18,19). The second kappa shape index (κ2) is 6.18. The Kier molecular flexibility index (Phi) is 4.56. The molecule has 0 bridgehead atoms. The van der Waals surface area contributed by atoms with Crippen LogP contribution in [0.3, 0.4) is 0 Å². The molecule has 1 aromatic carbocycles. The molecule has 1 amide bonds. The van der Waals surface area contributed by atoms with Gasteiger partial charge in [-0.1, -0.05) is 26.0 Å². The van der Waals surface area contributed by atoms with Gasteiger partial charge in [0.05, 0.1) is 0 Å². The third-order valence-electron chi connectivity index (χ3n) is 3.68. The Morgan fingerprint density at radius 2 is 2.05 bits per heavy atom. The highest BCUT2D eigenvalue weighted by Crippen LogP contribution is 2.47. The van der Waals surface area contributed by atoms with Crippen LogP contribution in [0.15, 0.2) is 24.3 Å². The van der Waals surface area contributed by atoms with E-state index in [0.29, 0.717) is 5.92 Å². The van der Waals surface area contributed by atoms with Crippen molar-refractivity contribution in [3.8, 4) is 0 Å². The highest BCUT2D eigenvalue weighted by Gasteiger charge is 2.43. The van der Waals surface area contributed by atoms with Gasteiger partial charge in [0.2, 0.25) is 5.91 Å². The number of halogens is 1. The molecule has 3 heteroatoms. The minimum Gasteiger partial charge on any atom is -0.356 e. The maximum absolute atomic E-state index is 12.8. The lowest BCUT2D eigenvalue weighted by atomic mass is 10.1. The number of amides is 1. The minimum atomic E-state index is -0.223. The van der Waals surface area contributed by atoms with Crippen LogP contribution in [0.4, 0.5) is 4.39 Å². The molecule has 0 aliphatic heterocycles. The molecule has 1 aromatic rings. The zero-order chi connectivity index (χ0) is 13.8. The van der Waals surface area contributed by atoms with Gasteiger partial charge in [-0.15, -0.1) is 0 Å². The summed E-state index contributed by atoms with van der Waals surface area (Å²) in [5.74, 6) is 0.983. The summed E-state index contributed by atoms with van der Waals surface area (Å²) in [7, 11) is 0. The molecule has 0 heterocycles. The topological polar surface area (TPSA) is 29.1 Å². The Morgan fingerprint density at radius 1 is 1.37 bits per heavy atom. The van der Waals surface area contributed by atoms with E-state index in [0.717, 1.165) is 31.4 Å². The van der Waals surface area contributed by atoms with E-state index in [-0.39, 0.29) is 23.6 Å². The lowest BCUT2D eigenvalue weighted by Crippen LogP contribution is -2.26.